The van der Waals surface area contributed by atoms with Crippen LogP contribution in [0.25, 0.3) is 5.69 Å². The molecular formula is C20H20N4O2. The molecule has 3 rings (SSSR count). The predicted octanol–water partition coefficient (Wildman–Crippen LogP) is 2.76. The molecule has 6 heteroatoms. The molecule has 0 aliphatic rings. The molecule has 2 amide bonds. The van der Waals surface area contributed by atoms with Crippen molar-refractivity contribution in [1.29, 1.82) is 0 Å². The van der Waals surface area contributed by atoms with Crippen LogP contribution in [0.3, 0.4) is 0 Å². The van der Waals surface area contributed by atoms with Crippen LogP contribution in [0.2, 0.25) is 0 Å². The monoisotopic (exact) mass is 348 g/mol. The lowest BCUT2D eigenvalue weighted by Gasteiger charge is -2.11. The van der Waals surface area contributed by atoms with Crippen LogP contribution >= 0.6 is 0 Å². The van der Waals surface area contributed by atoms with Crippen LogP contribution in [-0.2, 0) is 11.2 Å². The molecule has 3 aromatic rings. The van der Waals surface area contributed by atoms with E-state index in [0.717, 1.165) is 11.3 Å². The first-order valence-corrected chi connectivity index (χ1v) is 8.23. The van der Waals surface area contributed by atoms with Crippen LogP contribution in [-0.4, -0.2) is 40.6 Å². The maximum absolute atomic E-state index is 12.3. The predicted molar refractivity (Wildman–Crippen MR) is 100 cm³/mol. The highest BCUT2D eigenvalue weighted by molar-refractivity contribution is 5.97. The molecule has 1 N–H and O–H groups in total. The lowest BCUT2D eigenvalue weighted by atomic mass is 10.1. The molecule has 2 aromatic carbocycles. The average Bonchev–Trinajstić information content (AvgIpc) is 3.10. The summed E-state index contributed by atoms with van der Waals surface area (Å²) in [5.41, 5.74) is 2.88. The normalized spacial score (nSPS) is 10.4. The van der Waals surface area contributed by atoms with Gasteiger partial charge in [0.1, 0.15) is 0 Å². The van der Waals surface area contributed by atoms with E-state index in [-0.39, 0.29) is 18.2 Å². The molecule has 26 heavy (non-hydrogen) atoms. The van der Waals surface area contributed by atoms with E-state index >= 15 is 0 Å². The maximum Gasteiger partial charge on any atom is 0.253 e. The van der Waals surface area contributed by atoms with Crippen molar-refractivity contribution < 1.29 is 9.59 Å². The minimum Gasteiger partial charge on any atom is -0.345 e. The molecule has 0 unspecified atom stereocenters. The van der Waals surface area contributed by atoms with Crippen LogP contribution in [0.5, 0.6) is 0 Å². The summed E-state index contributed by atoms with van der Waals surface area (Å²) in [4.78, 5) is 25.8. The van der Waals surface area contributed by atoms with E-state index in [1.807, 2.05) is 36.5 Å². The van der Waals surface area contributed by atoms with Crippen LogP contribution in [0, 0.1) is 0 Å². The largest absolute Gasteiger partial charge is 0.345 e. The molecule has 1 aromatic heterocycles. The van der Waals surface area contributed by atoms with Crippen molar-refractivity contribution in [2.45, 2.75) is 6.42 Å². The van der Waals surface area contributed by atoms with Gasteiger partial charge >= 0.3 is 0 Å². The second kappa shape index (κ2) is 7.65. The molecule has 0 aliphatic heterocycles. The fraction of sp³-hybridized carbons (Fsp3) is 0.150. The molecule has 1 heterocycles. The topological polar surface area (TPSA) is 67.2 Å². The summed E-state index contributed by atoms with van der Waals surface area (Å²) in [6, 6.07) is 16.6. The number of para-hydroxylation sites is 1. The van der Waals surface area contributed by atoms with Crippen molar-refractivity contribution in [3.63, 3.8) is 0 Å². The van der Waals surface area contributed by atoms with E-state index < -0.39 is 0 Å². The van der Waals surface area contributed by atoms with E-state index in [2.05, 4.69) is 10.4 Å². The van der Waals surface area contributed by atoms with Gasteiger partial charge in [0, 0.05) is 31.5 Å². The number of carbonyl (C=O) groups excluding carboxylic acids is 2. The Bertz CT molecular complexity index is 916. The summed E-state index contributed by atoms with van der Waals surface area (Å²) < 4.78 is 1.74. The van der Waals surface area contributed by atoms with E-state index in [0.29, 0.717) is 11.3 Å². The van der Waals surface area contributed by atoms with E-state index in [4.69, 9.17) is 0 Å². The number of nitrogens with one attached hydrogen (secondary N) is 1. The van der Waals surface area contributed by atoms with Crippen LogP contribution < -0.4 is 5.32 Å². The average molecular weight is 348 g/mol. The molecular weight excluding hydrogens is 328 g/mol. The zero-order valence-corrected chi connectivity index (χ0v) is 14.7. The molecule has 0 aliphatic carbocycles. The smallest absolute Gasteiger partial charge is 0.253 e. The zero-order valence-electron chi connectivity index (χ0n) is 14.7. The lowest BCUT2D eigenvalue weighted by molar-refractivity contribution is -0.115. The van der Waals surface area contributed by atoms with Crippen molar-refractivity contribution in [3.8, 4) is 5.69 Å². The van der Waals surface area contributed by atoms with Gasteiger partial charge in [-0.3, -0.25) is 9.59 Å². The van der Waals surface area contributed by atoms with Gasteiger partial charge in [0.25, 0.3) is 5.91 Å². The summed E-state index contributed by atoms with van der Waals surface area (Å²) >= 11 is 0. The molecule has 0 saturated carbocycles. The fourth-order valence-electron chi connectivity index (χ4n) is 2.55. The lowest BCUT2D eigenvalue weighted by Crippen LogP contribution is -2.22. The number of hydrogen-bond donors (Lipinski definition) is 1. The first-order valence-electron chi connectivity index (χ1n) is 8.23. The molecule has 0 radical (unpaired) electrons. The molecule has 0 bridgehead atoms. The second-order valence-corrected chi connectivity index (χ2v) is 6.13. The zero-order chi connectivity index (χ0) is 18.5. The highest BCUT2D eigenvalue weighted by atomic mass is 16.2. The second-order valence-electron chi connectivity index (χ2n) is 6.13. The minimum atomic E-state index is -0.160. The minimum absolute atomic E-state index is 0.106. The molecule has 0 spiro atoms. The molecule has 0 saturated heterocycles. The number of benzene rings is 2. The standard InChI is InChI=1S/C20H20N4O2/c1-23(2)20(26)16-7-6-8-17(12-16)22-19(25)11-15-13-21-24(14-15)18-9-4-3-5-10-18/h3-10,12-14H,11H2,1-2H3,(H,22,25). The van der Waals surface area contributed by atoms with Crippen molar-refractivity contribution in [3.05, 3.63) is 78.1 Å². The number of nitrogens with zero attached hydrogens (tertiary/aromatic N) is 3. The van der Waals surface area contributed by atoms with Crippen molar-refractivity contribution in [2.75, 3.05) is 19.4 Å². The molecule has 6 nitrogen and oxygen atoms in total. The van der Waals surface area contributed by atoms with E-state index in [1.54, 1.807) is 49.2 Å². The van der Waals surface area contributed by atoms with E-state index in [1.165, 1.54) is 4.90 Å². The summed E-state index contributed by atoms with van der Waals surface area (Å²) in [7, 11) is 3.38. The Hall–Kier alpha value is -3.41. The Morgan fingerprint density at radius 3 is 2.58 bits per heavy atom. The van der Waals surface area contributed by atoms with E-state index in [9.17, 15) is 9.59 Å². The Kier molecular flexibility index (Phi) is 5.12. The summed E-state index contributed by atoms with van der Waals surface area (Å²) in [6.07, 6.45) is 3.72. The quantitative estimate of drug-likeness (QED) is 0.771. The highest BCUT2D eigenvalue weighted by Gasteiger charge is 2.11. The van der Waals surface area contributed by atoms with Gasteiger partial charge in [-0.15, -0.1) is 0 Å². The number of amides is 2. The van der Waals surface area contributed by atoms with Crippen LogP contribution in [0.4, 0.5) is 5.69 Å². The number of anilines is 1. The van der Waals surface area contributed by atoms with Gasteiger partial charge in [-0.1, -0.05) is 24.3 Å². The van der Waals surface area contributed by atoms with Crippen molar-refractivity contribution in [2.24, 2.45) is 0 Å². The van der Waals surface area contributed by atoms with Crippen LogP contribution in [0.1, 0.15) is 15.9 Å². The van der Waals surface area contributed by atoms with Gasteiger partial charge in [-0.05, 0) is 35.9 Å². The van der Waals surface area contributed by atoms with Gasteiger partial charge in [0.15, 0.2) is 0 Å². The van der Waals surface area contributed by atoms with Gasteiger partial charge in [0.05, 0.1) is 18.3 Å². The first kappa shape index (κ1) is 17.4. The molecule has 0 fully saturated rings. The summed E-state index contributed by atoms with van der Waals surface area (Å²) in [5, 5.41) is 7.12. The number of carbonyl (C=O) groups is 2. The Morgan fingerprint density at radius 2 is 1.85 bits per heavy atom. The highest BCUT2D eigenvalue weighted by Crippen LogP contribution is 2.13. The fourth-order valence-corrected chi connectivity index (χ4v) is 2.55. The van der Waals surface area contributed by atoms with Crippen molar-refractivity contribution >= 4 is 17.5 Å². The van der Waals surface area contributed by atoms with Crippen LogP contribution in [0.15, 0.2) is 67.0 Å². The Morgan fingerprint density at radius 1 is 1.08 bits per heavy atom. The molecule has 0 atom stereocenters. The Balaban J connectivity index is 1.66. The van der Waals surface area contributed by atoms with Gasteiger partial charge in [0.2, 0.25) is 5.91 Å². The van der Waals surface area contributed by atoms with Crippen molar-refractivity contribution in [1.82, 2.24) is 14.7 Å². The third kappa shape index (κ3) is 4.16. The Labute approximate surface area is 152 Å². The maximum atomic E-state index is 12.3. The SMILES string of the molecule is CN(C)C(=O)c1cccc(NC(=O)Cc2cnn(-c3ccccc3)c2)c1. The number of aromatic nitrogens is 2. The third-order valence-electron chi connectivity index (χ3n) is 3.82. The summed E-state index contributed by atoms with van der Waals surface area (Å²) in [6.45, 7) is 0. The van der Waals surface area contributed by atoms with Gasteiger partial charge < -0.3 is 10.2 Å². The number of rotatable bonds is 5. The number of hydrogen-bond acceptors (Lipinski definition) is 3. The summed E-state index contributed by atoms with van der Waals surface area (Å²) in [5.74, 6) is -0.266. The van der Waals surface area contributed by atoms with Gasteiger partial charge in [-0.2, -0.15) is 5.10 Å². The van der Waals surface area contributed by atoms with Gasteiger partial charge in [-0.25, -0.2) is 4.68 Å². The first-order chi connectivity index (χ1) is 12.5. The molecule has 132 valence electrons. The third-order valence-corrected chi connectivity index (χ3v) is 3.82.